The molecular formula is C18H19FN2O2. The number of amides is 2. The van der Waals surface area contributed by atoms with Crippen LogP contribution in [-0.2, 0) is 22.6 Å². The van der Waals surface area contributed by atoms with Crippen LogP contribution in [0.2, 0.25) is 0 Å². The van der Waals surface area contributed by atoms with Gasteiger partial charge in [-0.15, -0.1) is 0 Å². The Morgan fingerprint density at radius 1 is 1.00 bits per heavy atom. The summed E-state index contributed by atoms with van der Waals surface area (Å²) in [6, 6.07) is 15.4. The van der Waals surface area contributed by atoms with E-state index in [1.807, 2.05) is 30.3 Å². The molecule has 2 amide bonds. The van der Waals surface area contributed by atoms with E-state index in [1.54, 1.807) is 17.0 Å². The van der Waals surface area contributed by atoms with Crippen LogP contribution in [0.4, 0.5) is 4.39 Å². The number of carbonyl (C=O) groups excluding carboxylic acids is 2. The first kappa shape index (κ1) is 16.7. The Balaban J connectivity index is 2.08. The molecule has 0 radical (unpaired) electrons. The Bertz CT molecular complexity index is 674. The topological polar surface area (TPSA) is 63.4 Å². The van der Waals surface area contributed by atoms with E-state index in [1.165, 1.54) is 12.1 Å². The molecule has 120 valence electrons. The van der Waals surface area contributed by atoms with Crippen molar-refractivity contribution in [2.24, 2.45) is 5.73 Å². The molecule has 2 rings (SSSR count). The smallest absolute Gasteiger partial charge is 0.227 e. The molecule has 0 atom stereocenters. The van der Waals surface area contributed by atoms with Gasteiger partial charge in [0.25, 0.3) is 0 Å². The summed E-state index contributed by atoms with van der Waals surface area (Å²) in [6.45, 7) is 0.640. The summed E-state index contributed by atoms with van der Waals surface area (Å²) in [6.07, 6.45) is 0.186. The quantitative estimate of drug-likeness (QED) is 0.852. The maximum Gasteiger partial charge on any atom is 0.227 e. The minimum atomic E-state index is -0.457. The molecule has 4 nitrogen and oxygen atoms in total. The largest absolute Gasteiger partial charge is 0.370 e. The molecule has 0 aliphatic rings. The highest BCUT2D eigenvalue weighted by molar-refractivity contribution is 5.80. The van der Waals surface area contributed by atoms with Crippen molar-refractivity contribution in [2.45, 2.75) is 19.4 Å². The van der Waals surface area contributed by atoms with Crippen molar-refractivity contribution < 1.29 is 14.0 Å². The molecule has 2 N–H and O–H groups in total. The predicted molar refractivity (Wildman–Crippen MR) is 85.8 cm³/mol. The van der Waals surface area contributed by atoms with Gasteiger partial charge in [0.2, 0.25) is 11.8 Å². The lowest BCUT2D eigenvalue weighted by Crippen LogP contribution is -2.34. The molecule has 2 aromatic rings. The monoisotopic (exact) mass is 314 g/mol. The fourth-order valence-corrected chi connectivity index (χ4v) is 2.27. The Labute approximate surface area is 134 Å². The third-order valence-corrected chi connectivity index (χ3v) is 3.44. The van der Waals surface area contributed by atoms with E-state index < -0.39 is 5.91 Å². The number of nitrogens with zero attached hydrogens (tertiary/aromatic N) is 1. The van der Waals surface area contributed by atoms with Crippen LogP contribution < -0.4 is 5.73 Å². The summed E-state index contributed by atoms with van der Waals surface area (Å²) in [7, 11) is 0. The highest BCUT2D eigenvalue weighted by Crippen LogP contribution is 2.10. The van der Waals surface area contributed by atoms with Crippen molar-refractivity contribution in [1.29, 1.82) is 0 Å². The maximum atomic E-state index is 13.2. The molecule has 23 heavy (non-hydrogen) atoms. The van der Waals surface area contributed by atoms with Crippen molar-refractivity contribution in [2.75, 3.05) is 6.54 Å². The van der Waals surface area contributed by atoms with E-state index in [-0.39, 0.29) is 31.1 Å². The van der Waals surface area contributed by atoms with Gasteiger partial charge in [-0.05, 0) is 23.3 Å². The van der Waals surface area contributed by atoms with Crippen molar-refractivity contribution in [3.8, 4) is 0 Å². The molecule has 0 unspecified atom stereocenters. The van der Waals surface area contributed by atoms with Gasteiger partial charge in [0.05, 0.1) is 6.42 Å². The van der Waals surface area contributed by atoms with E-state index in [4.69, 9.17) is 5.73 Å². The Morgan fingerprint density at radius 3 is 2.35 bits per heavy atom. The molecule has 0 aliphatic heterocycles. The zero-order valence-electron chi connectivity index (χ0n) is 12.7. The van der Waals surface area contributed by atoms with Gasteiger partial charge in [0.1, 0.15) is 5.82 Å². The first-order valence-electron chi connectivity index (χ1n) is 7.39. The summed E-state index contributed by atoms with van der Waals surface area (Å²) >= 11 is 0. The number of halogens is 1. The van der Waals surface area contributed by atoms with Gasteiger partial charge in [0, 0.05) is 19.5 Å². The van der Waals surface area contributed by atoms with E-state index >= 15 is 0 Å². The third-order valence-electron chi connectivity index (χ3n) is 3.44. The molecule has 5 heteroatoms. The standard InChI is InChI=1S/C18H19FN2O2/c19-16-8-4-7-15(11-16)12-18(23)21(10-9-17(20)22)13-14-5-2-1-3-6-14/h1-8,11H,9-10,12-13H2,(H2,20,22). The molecule has 0 spiro atoms. The lowest BCUT2D eigenvalue weighted by Gasteiger charge is -2.22. The van der Waals surface area contributed by atoms with Crippen LogP contribution >= 0.6 is 0 Å². The zero-order chi connectivity index (χ0) is 16.7. The number of hydrogen-bond donors (Lipinski definition) is 1. The number of nitrogens with two attached hydrogens (primary N) is 1. The molecule has 0 fully saturated rings. The molecule has 0 aliphatic carbocycles. The molecule has 0 aromatic heterocycles. The van der Waals surface area contributed by atoms with Crippen LogP contribution in [0, 0.1) is 5.82 Å². The van der Waals surface area contributed by atoms with Crippen molar-refractivity contribution >= 4 is 11.8 Å². The lowest BCUT2D eigenvalue weighted by molar-refractivity contribution is -0.131. The van der Waals surface area contributed by atoms with Gasteiger partial charge in [-0.25, -0.2) is 4.39 Å². The van der Waals surface area contributed by atoms with Gasteiger partial charge >= 0.3 is 0 Å². The second-order valence-corrected chi connectivity index (χ2v) is 5.32. The summed E-state index contributed by atoms with van der Waals surface area (Å²) in [5, 5.41) is 0. The Morgan fingerprint density at radius 2 is 1.70 bits per heavy atom. The number of carbonyl (C=O) groups is 2. The summed E-state index contributed by atoms with van der Waals surface area (Å²) in [5.41, 5.74) is 6.75. The third kappa shape index (κ3) is 5.54. The molecule has 2 aromatic carbocycles. The lowest BCUT2D eigenvalue weighted by atomic mass is 10.1. The van der Waals surface area contributed by atoms with Crippen LogP contribution in [0.15, 0.2) is 54.6 Å². The first-order valence-corrected chi connectivity index (χ1v) is 7.39. The second kappa shape index (κ2) is 8.08. The van der Waals surface area contributed by atoms with E-state index in [0.717, 1.165) is 5.56 Å². The summed E-state index contributed by atoms with van der Waals surface area (Å²) in [4.78, 5) is 25.1. The van der Waals surface area contributed by atoms with Crippen LogP contribution in [0.5, 0.6) is 0 Å². The van der Waals surface area contributed by atoms with Gasteiger partial charge in [0.15, 0.2) is 0 Å². The molecule has 0 saturated carbocycles. The molecule has 0 saturated heterocycles. The van der Waals surface area contributed by atoms with Gasteiger partial charge in [-0.2, -0.15) is 0 Å². The summed E-state index contributed by atoms with van der Waals surface area (Å²) in [5.74, 6) is -0.996. The van der Waals surface area contributed by atoms with Crippen LogP contribution in [0.3, 0.4) is 0 Å². The Hall–Kier alpha value is -2.69. The second-order valence-electron chi connectivity index (χ2n) is 5.32. The SMILES string of the molecule is NC(=O)CCN(Cc1ccccc1)C(=O)Cc1cccc(F)c1. The fourth-order valence-electron chi connectivity index (χ4n) is 2.27. The normalized spacial score (nSPS) is 10.3. The predicted octanol–water partition coefficient (Wildman–Crippen LogP) is 2.27. The highest BCUT2D eigenvalue weighted by Gasteiger charge is 2.15. The van der Waals surface area contributed by atoms with E-state index in [0.29, 0.717) is 12.1 Å². The average Bonchev–Trinajstić information content (AvgIpc) is 2.52. The minimum absolute atomic E-state index is 0.0867. The van der Waals surface area contributed by atoms with Crippen LogP contribution in [0.25, 0.3) is 0 Å². The maximum absolute atomic E-state index is 13.2. The number of primary amides is 1. The highest BCUT2D eigenvalue weighted by atomic mass is 19.1. The molecular weight excluding hydrogens is 295 g/mol. The van der Waals surface area contributed by atoms with Gasteiger partial charge in [-0.3, -0.25) is 9.59 Å². The van der Waals surface area contributed by atoms with Crippen LogP contribution in [-0.4, -0.2) is 23.3 Å². The zero-order valence-corrected chi connectivity index (χ0v) is 12.7. The van der Waals surface area contributed by atoms with Crippen molar-refractivity contribution in [3.05, 3.63) is 71.5 Å². The number of hydrogen-bond acceptors (Lipinski definition) is 2. The summed E-state index contributed by atoms with van der Waals surface area (Å²) < 4.78 is 13.2. The molecule has 0 bridgehead atoms. The minimum Gasteiger partial charge on any atom is -0.370 e. The average molecular weight is 314 g/mol. The Kier molecular flexibility index (Phi) is 5.86. The number of rotatable bonds is 7. The van der Waals surface area contributed by atoms with Gasteiger partial charge in [-0.1, -0.05) is 42.5 Å². The van der Waals surface area contributed by atoms with Crippen LogP contribution in [0.1, 0.15) is 17.5 Å². The van der Waals surface area contributed by atoms with Gasteiger partial charge < -0.3 is 10.6 Å². The number of benzene rings is 2. The van der Waals surface area contributed by atoms with Crippen molar-refractivity contribution in [1.82, 2.24) is 4.90 Å². The van der Waals surface area contributed by atoms with E-state index in [9.17, 15) is 14.0 Å². The molecule has 0 heterocycles. The van der Waals surface area contributed by atoms with Crippen molar-refractivity contribution in [3.63, 3.8) is 0 Å². The fraction of sp³-hybridized carbons (Fsp3) is 0.222. The first-order chi connectivity index (χ1) is 11.0. The van der Waals surface area contributed by atoms with E-state index in [2.05, 4.69) is 0 Å².